The molecule has 0 aromatic carbocycles. The Morgan fingerprint density at radius 1 is 0.274 bits per heavy atom. The summed E-state index contributed by atoms with van der Waals surface area (Å²) in [5, 5.41) is 10.6. The van der Waals surface area contributed by atoms with Gasteiger partial charge in [0.15, 0.2) is 12.2 Å². The van der Waals surface area contributed by atoms with Gasteiger partial charge in [-0.15, -0.1) is 0 Å². The van der Waals surface area contributed by atoms with Gasteiger partial charge in [-0.1, -0.05) is 273 Å². The molecular formula is C87H136O17P2. The normalized spacial score (nSPS) is 15.0. The third-order valence-electron chi connectivity index (χ3n) is 15.2. The predicted octanol–water partition coefficient (Wildman–Crippen LogP) is 23.1. The first kappa shape index (κ1) is 99.6. The molecule has 17 nitrogen and oxygen atoms in total. The maximum atomic E-state index is 13.1. The summed E-state index contributed by atoms with van der Waals surface area (Å²) in [5.41, 5.74) is 0. The Balaban J connectivity index is 5.56. The summed E-state index contributed by atoms with van der Waals surface area (Å²) in [5.74, 6) is -2.45. The lowest BCUT2D eigenvalue weighted by Gasteiger charge is -2.21. The topological polar surface area (TPSA) is 237 Å². The van der Waals surface area contributed by atoms with Crippen LogP contribution in [0.5, 0.6) is 0 Å². The predicted molar refractivity (Wildman–Crippen MR) is 435 cm³/mol. The SMILES string of the molecule is CC/C=C\C/C=C\C/C=C\C/C=C\C/C=C\C/C=C\CCC(=O)OCC(COP(=O)(O)OCC(O)COP(=O)(O)OCC(COC(=O)CCC/C=C\C/C=C\C/C=C\C/C=C\C/C=C\CC)OC(=O)CCCCCCC/C=C\CCCCCC)OC(=O)CCC/C=C\C/C=C\C/C=C\C/C=C\C/C=C\CC. The standard InChI is InChI=1S/C87H136O17P2/c1-5-9-13-17-21-25-29-33-36-39-40-43-45-49-52-56-60-64-68-72-85(90)98-78-83(104-87(92)74-70-66-62-58-54-50-46-42-38-35-31-27-23-19-15-11-7-3)80-102-106(95,96)100-76-81(88)75-99-105(93,94)101-79-82(103-86(91)73-69-65-61-57-53-47-32-28-24-20-16-12-8-4)77-97-84(89)71-67-63-59-55-51-48-44-41-37-34-30-26-22-18-14-10-6-2/h9-11,13-15,21-23,25-28,32-38,40,43-44,46,48-50,52,55,58-60,62,64,81-83,88H,5-8,12,16-20,24,29-31,39,41-42,45,47,51,53-54,56-57,61,63,65-80H2,1-4H3,(H,93,94)(H,95,96)/b13-9-,14-10-,15-11-,25-21-,26-22-,27-23-,32-28-,36-33-,37-34-,38-35-,43-40-,48-44-,50-46-,52-49-,59-55-,62-58-,64-60-. The monoisotopic (exact) mass is 1510 g/mol. The first-order valence-electron chi connectivity index (χ1n) is 39.3. The second-order valence-corrected chi connectivity index (χ2v) is 28.1. The zero-order chi connectivity index (χ0) is 77.4. The van der Waals surface area contributed by atoms with Crippen LogP contribution in [0.4, 0.5) is 0 Å². The van der Waals surface area contributed by atoms with Gasteiger partial charge in [0, 0.05) is 25.7 Å². The highest BCUT2D eigenvalue weighted by atomic mass is 31.2. The fourth-order valence-corrected chi connectivity index (χ4v) is 10.9. The summed E-state index contributed by atoms with van der Waals surface area (Å²) in [6, 6.07) is 0. The number of rotatable bonds is 71. The Morgan fingerprint density at radius 2 is 0.519 bits per heavy atom. The summed E-state index contributed by atoms with van der Waals surface area (Å²) < 4.78 is 68.3. The molecule has 0 fully saturated rings. The molecule has 0 heterocycles. The number of allylic oxidation sites excluding steroid dienone is 34. The van der Waals surface area contributed by atoms with Gasteiger partial charge in [-0.25, -0.2) is 9.13 Å². The fraction of sp³-hybridized carbons (Fsp3) is 0.563. The van der Waals surface area contributed by atoms with Crippen LogP contribution in [0, 0.1) is 0 Å². The molecule has 0 aromatic heterocycles. The lowest BCUT2D eigenvalue weighted by molar-refractivity contribution is -0.161. The molecule has 19 heteroatoms. The minimum Gasteiger partial charge on any atom is -0.462 e. The minimum atomic E-state index is -5.02. The second-order valence-electron chi connectivity index (χ2n) is 25.1. The molecule has 0 aliphatic rings. The summed E-state index contributed by atoms with van der Waals surface area (Å²) in [4.78, 5) is 72.9. The Kier molecular flexibility index (Phi) is 72.2. The summed E-state index contributed by atoms with van der Waals surface area (Å²) >= 11 is 0. The van der Waals surface area contributed by atoms with Crippen LogP contribution in [0.15, 0.2) is 207 Å². The molecule has 5 atom stereocenters. The number of hydrogen-bond donors (Lipinski definition) is 3. The highest BCUT2D eigenvalue weighted by molar-refractivity contribution is 7.47. The van der Waals surface area contributed by atoms with Crippen molar-refractivity contribution in [2.45, 2.75) is 277 Å². The molecule has 0 aromatic rings. The maximum Gasteiger partial charge on any atom is 0.472 e. The van der Waals surface area contributed by atoms with Crippen molar-refractivity contribution >= 4 is 39.5 Å². The summed E-state index contributed by atoms with van der Waals surface area (Å²) in [6.45, 7) is 4.25. The van der Waals surface area contributed by atoms with Crippen molar-refractivity contribution in [2.75, 3.05) is 39.6 Å². The maximum absolute atomic E-state index is 13.1. The van der Waals surface area contributed by atoms with Crippen LogP contribution in [0.25, 0.3) is 0 Å². The van der Waals surface area contributed by atoms with E-state index >= 15 is 0 Å². The highest BCUT2D eigenvalue weighted by Crippen LogP contribution is 2.45. The van der Waals surface area contributed by atoms with Crippen LogP contribution < -0.4 is 0 Å². The van der Waals surface area contributed by atoms with Crippen LogP contribution in [-0.2, 0) is 65.4 Å². The van der Waals surface area contributed by atoms with Crippen molar-refractivity contribution in [1.29, 1.82) is 0 Å². The van der Waals surface area contributed by atoms with E-state index in [2.05, 4.69) is 192 Å². The smallest absolute Gasteiger partial charge is 0.462 e. The van der Waals surface area contributed by atoms with E-state index in [0.29, 0.717) is 44.9 Å². The molecule has 5 unspecified atom stereocenters. The average Bonchev–Trinajstić information content (AvgIpc) is 0.907. The number of phosphoric acid groups is 2. The molecule has 0 bridgehead atoms. The van der Waals surface area contributed by atoms with Crippen LogP contribution in [0.2, 0.25) is 0 Å². The Bertz CT molecular complexity index is 2830. The van der Waals surface area contributed by atoms with Crippen molar-refractivity contribution < 1.29 is 80.2 Å². The molecule has 0 saturated carbocycles. The number of phosphoric ester groups is 2. The Labute approximate surface area is 639 Å². The van der Waals surface area contributed by atoms with E-state index in [0.717, 1.165) is 135 Å². The lowest BCUT2D eigenvalue weighted by Crippen LogP contribution is -2.30. The van der Waals surface area contributed by atoms with Crippen LogP contribution >= 0.6 is 15.6 Å². The van der Waals surface area contributed by atoms with Gasteiger partial charge in [0.2, 0.25) is 0 Å². The van der Waals surface area contributed by atoms with E-state index < -0.39 is 97.5 Å². The number of carbonyl (C=O) groups is 4. The fourth-order valence-electron chi connectivity index (χ4n) is 9.37. The molecule has 0 radical (unpaired) electrons. The van der Waals surface area contributed by atoms with Gasteiger partial charge in [0.25, 0.3) is 0 Å². The minimum absolute atomic E-state index is 0.00975. The average molecular weight is 1520 g/mol. The van der Waals surface area contributed by atoms with Gasteiger partial charge in [0.05, 0.1) is 26.4 Å². The van der Waals surface area contributed by atoms with Crippen molar-refractivity contribution in [3.05, 3.63) is 207 Å². The molecule has 596 valence electrons. The lowest BCUT2D eigenvalue weighted by atomic mass is 10.1. The van der Waals surface area contributed by atoms with Crippen molar-refractivity contribution in [1.82, 2.24) is 0 Å². The number of unbranched alkanes of at least 4 members (excludes halogenated alkanes) is 11. The van der Waals surface area contributed by atoms with E-state index in [-0.39, 0.29) is 25.7 Å². The van der Waals surface area contributed by atoms with Crippen LogP contribution in [0.3, 0.4) is 0 Å². The molecule has 0 rings (SSSR count). The third-order valence-corrected chi connectivity index (χ3v) is 17.1. The number of carbonyl (C=O) groups excluding carboxylic acids is 4. The Morgan fingerprint density at radius 3 is 0.858 bits per heavy atom. The molecule has 0 aliphatic heterocycles. The van der Waals surface area contributed by atoms with Gasteiger partial charge < -0.3 is 33.8 Å². The first-order valence-corrected chi connectivity index (χ1v) is 42.3. The molecule has 3 N–H and O–H groups in total. The summed E-state index contributed by atoms with van der Waals surface area (Å²) in [7, 11) is -10.0. The van der Waals surface area contributed by atoms with E-state index in [4.69, 9.17) is 37.0 Å². The zero-order valence-electron chi connectivity index (χ0n) is 65.0. The van der Waals surface area contributed by atoms with E-state index in [9.17, 15) is 43.2 Å². The van der Waals surface area contributed by atoms with E-state index in [1.807, 2.05) is 42.5 Å². The number of esters is 4. The first-order chi connectivity index (χ1) is 51.7. The second kappa shape index (κ2) is 76.8. The Hall–Kier alpha value is -6.36. The van der Waals surface area contributed by atoms with Crippen LogP contribution in [-0.4, -0.2) is 96.7 Å². The third kappa shape index (κ3) is 75.9. The largest absolute Gasteiger partial charge is 0.472 e. The molecule has 0 saturated heterocycles. The molecule has 0 amide bonds. The molecule has 0 aliphatic carbocycles. The quantitative estimate of drug-likeness (QED) is 0.0169. The molecule has 0 spiro atoms. The van der Waals surface area contributed by atoms with Crippen molar-refractivity contribution in [3.63, 3.8) is 0 Å². The number of aliphatic hydroxyl groups is 1. The van der Waals surface area contributed by atoms with Gasteiger partial charge in [-0.3, -0.25) is 37.3 Å². The van der Waals surface area contributed by atoms with Gasteiger partial charge in [-0.2, -0.15) is 0 Å². The summed E-state index contributed by atoms with van der Waals surface area (Å²) in [6.07, 6.45) is 95.6. The zero-order valence-corrected chi connectivity index (χ0v) is 66.8. The van der Waals surface area contributed by atoms with Gasteiger partial charge >= 0.3 is 39.5 Å². The van der Waals surface area contributed by atoms with Gasteiger partial charge in [0.1, 0.15) is 19.3 Å². The van der Waals surface area contributed by atoms with Crippen molar-refractivity contribution in [2.24, 2.45) is 0 Å². The van der Waals surface area contributed by atoms with E-state index in [1.165, 1.54) is 25.7 Å². The number of hydrogen-bond acceptors (Lipinski definition) is 15. The van der Waals surface area contributed by atoms with E-state index in [1.54, 1.807) is 0 Å². The van der Waals surface area contributed by atoms with Crippen molar-refractivity contribution in [3.8, 4) is 0 Å². The van der Waals surface area contributed by atoms with Gasteiger partial charge in [-0.05, 0) is 167 Å². The van der Waals surface area contributed by atoms with Crippen LogP contribution in [0.1, 0.15) is 259 Å². The molecule has 106 heavy (non-hydrogen) atoms. The molecular weight excluding hydrogens is 1380 g/mol. The number of aliphatic hydroxyl groups excluding tert-OH is 1. The number of ether oxygens (including phenoxy) is 4. The highest BCUT2D eigenvalue weighted by Gasteiger charge is 2.30.